The van der Waals surface area contributed by atoms with Crippen LogP contribution >= 0.6 is 11.8 Å². The summed E-state index contributed by atoms with van der Waals surface area (Å²) in [6.45, 7) is 6.52. The SMILES string of the molecule is CC(C)C(=O)[C@]1(C)SC[C@H]2CON=C21. The van der Waals surface area contributed by atoms with E-state index in [1.807, 2.05) is 20.8 Å². The summed E-state index contributed by atoms with van der Waals surface area (Å²) in [7, 11) is 0. The molecule has 0 N–H and O–H groups in total. The molecule has 2 rings (SSSR count). The first-order valence-corrected chi connectivity index (χ1v) is 5.93. The molecule has 14 heavy (non-hydrogen) atoms. The minimum absolute atomic E-state index is 0.0644. The normalized spacial score (nSPS) is 35.4. The monoisotopic (exact) mass is 213 g/mol. The van der Waals surface area contributed by atoms with E-state index in [2.05, 4.69) is 5.16 Å². The maximum atomic E-state index is 12.1. The quantitative estimate of drug-likeness (QED) is 0.701. The zero-order valence-electron chi connectivity index (χ0n) is 8.74. The molecule has 3 nitrogen and oxygen atoms in total. The highest BCUT2D eigenvalue weighted by Crippen LogP contribution is 2.43. The number of hydrogen-bond donors (Lipinski definition) is 0. The lowest BCUT2D eigenvalue weighted by molar-refractivity contribution is -0.122. The number of Topliss-reactive ketones (excluding diaryl/α,β-unsaturated/α-hetero) is 1. The summed E-state index contributed by atoms with van der Waals surface area (Å²) in [4.78, 5) is 17.1. The van der Waals surface area contributed by atoms with Gasteiger partial charge in [-0.3, -0.25) is 4.79 Å². The van der Waals surface area contributed by atoms with Crippen molar-refractivity contribution in [3.05, 3.63) is 0 Å². The van der Waals surface area contributed by atoms with E-state index in [9.17, 15) is 4.79 Å². The van der Waals surface area contributed by atoms with Crippen molar-refractivity contribution in [3.63, 3.8) is 0 Å². The van der Waals surface area contributed by atoms with Crippen LogP contribution < -0.4 is 0 Å². The molecule has 2 heterocycles. The van der Waals surface area contributed by atoms with Crippen LogP contribution in [-0.4, -0.2) is 28.6 Å². The molecule has 78 valence electrons. The van der Waals surface area contributed by atoms with Crippen molar-refractivity contribution in [3.8, 4) is 0 Å². The topological polar surface area (TPSA) is 38.7 Å². The second kappa shape index (κ2) is 3.26. The predicted molar refractivity (Wildman–Crippen MR) is 57.6 cm³/mol. The van der Waals surface area contributed by atoms with Gasteiger partial charge in [0.15, 0.2) is 5.78 Å². The molecule has 4 heteroatoms. The Labute approximate surface area is 88.3 Å². The van der Waals surface area contributed by atoms with Crippen LogP contribution in [0.2, 0.25) is 0 Å². The van der Waals surface area contributed by atoms with Gasteiger partial charge in [0.1, 0.15) is 11.4 Å². The van der Waals surface area contributed by atoms with Crippen LogP contribution in [0.25, 0.3) is 0 Å². The average molecular weight is 213 g/mol. The maximum absolute atomic E-state index is 12.1. The molecular formula is C10H15NO2S. The fourth-order valence-electron chi connectivity index (χ4n) is 2.04. The minimum atomic E-state index is -0.421. The van der Waals surface area contributed by atoms with Gasteiger partial charge < -0.3 is 4.84 Å². The molecule has 2 aliphatic heterocycles. The minimum Gasteiger partial charge on any atom is -0.395 e. The molecule has 0 aromatic heterocycles. The summed E-state index contributed by atoms with van der Waals surface area (Å²) in [6, 6.07) is 0. The number of oxime groups is 1. The van der Waals surface area contributed by atoms with Crippen LogP contribution in [0.15, 0.2) is 5.16 Å². The lowest BCUT2D eigenvalue weighted by atomic mass is 9.87. The lowest BCUT2D eigenvalue weighted by Crippen LogP contribution is -2.40. The molecule has 0 aromatic rings. The first-order valence-electron chi connectivity index (χ1n) is 4.94. The lowest BCUT2D eigenvalue weighted by Gasteiger charge is -2.23. The Hall–Kier alpha value is -0.510. The first-order chi connectivity index (χ1) is 6.55. The molecule has 0 aliphatic carbocycles. The van der Waals surface area contributed by atoms with Gasteiger partial charge in [-0.05, 0) is 6.92 Å². The van der Waals surface area contributed by atoms with Gasteiger partial charge in [-0.15, -0.1) is 11.8 Å². The van der Waals surface area contributed by atoms with Gasteiger partial charge in [-0.2, -0.15) is 0 Å². The molecule has 0 radical (unpaired) electrons. The van der Waals surface area contributed by atoms with Crippen molar-refractivity contribution in [2.24, 2.45) is 17.0 Å². The van der Waals surface area contributed by atoms with Crippen LogP contribution in [0.1, 0.15) is 20.8 Å². The summed E-state index contributed by atoms with van der Waals surface area (Å²) >= 11 is 1.71. The number of thioether (sulfide) groups is 1. The third-order valence-corrected chi connectivity index (χ3v) is 4.44. The number of fused-ring (bicyclic) bond motifs is 1. The summed E-state index contributed by atoms with van der Waals surface area (Å²) in [5.74, 6) is 1.67. The number of carbonyl (C=O) groups excluding carboxylic acids is 1. The second-order valence-electron chi connectivity index (χ2n) is 4.33. The van der Waals surface area contributed by atoms with E-state index in [1.54, 1.807) is 11.8 Å². The van der Waals surface area contributed by atoms with E-state index in [0.29, 0.717) is 12.5 Å². The van der Waals surface area contributed by atoms with Crippen LogP contribution in [0, 0.1) is 11.8 Å². The van der Waals surface area contributed by atoms with Crippen molar-refractivity contribution in [1.29, 1.82) is 0 Å². The molecular weight excluding hydrogens is 198 g/mol. The Balaban J connectivity index is 2.28. The Morgan fingerprint density at radius 2 is 2.43 bits per heavy atom. The Morgan fingerprint density at radius 1 is 1.71 bits per heavy atom. The van der Waals surface area contributed by atoms with Gasteiger partial charge in [-0.1, -0.05) is 19.0 Å². The van der Waals surface area contributed by atoms with E-state index in [4.69, 9.17) is 4.84 Å². The van der Waals surface area contributed by atoms with Crippen molar-refractivity contribution < 1.29 is 9.63 Å². The molecule has 0 saturated carbocycles. The fraction of sp³-hybridized carbons (Fsp3) is 0.800. The molecule has 2 aliphatic rings. The number of hydrogen-bond acceptors (Lipinski definition) is 4. The summed E-state index contributed by atoms with van der Waals surface area (Å²) in [5, 5.41) is 4.03. The molecule has 2 atom stereocenters. The van der Waals surface area contributed by atoms with E-state index in [-0.39, 0.29) is 11.7 Å². The molecule has 0 unspecified atom stereocenters. The van der Waals surface area contributed by atoms with Gasteiger partial charge in [0.25, 0.3) is 0 Å². The summed E-state index contributed by atoms with van der Waals surface area (Å²) < 4.78 is -0.421. The average Bonchev–Trinajstić information content (AvgIpc) is 2.69. The van der Waals surface area contributed by atoms with Crippen molar-refractivity contribution >= 4 is 23.3 Å². The number of nitrogens with zero attached hydrogens (tertiary/aromatic N) is 1. The smallest absolute Gasteiger partial charge is 0.156 e. The van der Waals surface area contributed by atoms with Gasteiger partial charge in [0, 0.05) is 17.6 Å². The molecule has 1 fully saturated rings. The van der Waals surface area contributed by atoms with Crippen molar-refractivity contribution in [1.82, 2.24) is 0 Å². The Kier molecular flexibility index (Phi) is 2.33. The van der Waals surface area contributed by atoms with Crippen molar-refractivity contribution in [2.45, 2.75) is 25.5 Å². The van der Waals surface area contributed by atoms with Crippen molar-refractivity contribution in [2.75, 3.05) is 12.4 Å². The zero-order chi connectivity index (χ0) is 10.3. The number of rotatable bonds is 2. The van der Waals surface area contributed by atoms with Crippen LogP contribution in [-0.2, 0) is 9.63 Å². The summed E-state index contributed by atoms with van der Waals surface area (Å²) in [5.41, 5.74) is 0.959. The molecule has 0 spiro atoms. The zero-order valence-corrected chi connectivity index (χ0v) is 9.56. The van der Waals surface area contributed by atoms with Crippen LogP contribution in [0.4, 0.5) is 0 Å². The molecule has 0 amide bonds. The maximum Gasteiger partial charge on any atom is 0.156 e. The highest BCUT2D eigenvalue weighted by Gasteiger charge is 2.51. The number of ketones is 1. The summed E-state index contributed by atoms with van der Waals surface area (Å²) in [6.07, 6.45) is 0. The van der Waals surface area contributed by atoms with Crippen LogP contribution in [0.3, 0.4) is 0 Å². The van der Waals surface area contributed by atoms with E-state index in [0.717, 1.165) is 11.5 Å². The molecule has 1 saturated heterocycles. The highest BCUT2D eigenvalue weighted by atomic mass is 32.2. The van der Waals surface area contributed by atoms with Gasteiger partial charge >= 0.3 is 0 Å². The standard InChI is InChI=1S/C10H15NO2S/c1-6(2)9(12)10(3)8-7(5-14-10)4-13-11-8/h6-7H,4-5H2,1-3H3/t7-,10-/m1/s1. The third kappa shape index (κ3) is 1.28. The van der Waals surface area contributed by atoms with Gasteiger partial charge in [-0.25, -0.2) is 0 Å². The van der Waals surface area contributed by atoms with E-state index in [1.165, 1.54) is 0 Å². The molecule has 0 aromatic carbocycles. The van der Waals surface area contributed by atoms with Gasteiger partial charge in [0.2, 0.25) is 0 Å². The van der Waals surface area contributed by atoms with E-state index >= 15 is 0 Å². The Morgan fingerprint density at radius 3 is 3.07 bits per heavy atom. The fourth-order valence-corrected chi connectivity index (χ4v) is 3.56. The van der Waals surface area contributed by atoms with Gasteiger partial charge in [0.05, 0.1) is 5.71 Å². The number of carbonyl (C=O) groups is 1. The Bertz CT molecular complexity index is 300. The van der Waals surface area contributed by atoms with Crippen LogP contribution in [0.5, 0.6) is 0 Å². The highest BCUT2D eigenvalue weighted by molar-refractivity contribution is 8.02. The largest absolute Gasteiger partial charge is 0.395 e. The molecule has 0 bridgehead atoms. The second-order valence-corrected chi connectivity index (χ2v) is 5.77. The van der Waals surface area contributed by atoms with E-state index < -0.39 is 4.75 Å². The predicted octanol–water partition coefficient (Wildman–Crippen LogP) is 1.72. The first kappa shape index (κ1) is 10.0. The third-order valence-electron chi connectivity index (χ3n) is 2.88.